The molecule has 6 rings (SSSR count). The van der Waals surface area contributed by atoms with Crippen LogP contribution in [0.3, 0.4) is 0 Å². The Kier molecular flexibility index (Phi) is 4.01. The fourth-order valence-electron chi connectivity index (χ4n) is 4.52. The Balaban J connectivity index is 1.50. The van der Waals surface area contributed by atoms with E-state index in [-0.39, 0.29) is 56.9 Å². The van der Waals surface area contributed by atoms with Crippen molar-refractivity contribution >= 4 is 23.1 Å². The van der Waals surface area contributed by atoms with E-state index in [2.05, 4.69) is 0 Å². The van der Waals surface area contributed by atoms with Crippen LogP contribution in [0, 0.1) is 0 Å². The number of carbonyl (C=O) groups is 4. The summed E-state index contributed by atoms with van der Waals surface area (Å²) in [7, 11) is 0. The zero-order valence-electron chi connectivity index (χ0n) is 17.1. The molecule has 0 unspecified atom stereocenters. The van der Waals surface area contributed by atoms with Gasteiger partial charge >= 0.3 is 0 Å². The lowest BCUT2D eigenvalue weighted by molar-refractivity contribution is 0.0974. The summed E-state index contributed by atoms with van der Waals surface area (Å²) in [5.41, 5.74) is 2.09. The topological polar surface area (TPSA) is 77.5 Å². The summed E-state index contributed by atoms with van der Waals surface area (Å²) in [6, 6.07) is 22.9. The van der Waals surface area contributed by atoms with E-state index in [9.17, 15) is 19.2 Å². The highest BCUT2D eigenvalue weighted by Gasteiger charge is 2.35. The molecule has 0 saturated carbocycles. The number of ether oxygens (including phenoxy) is 1. The zero-order valence-corrected chi connectivity index (χ0v) is 17.1. The third-order valence-electron chi connectivity index (χ3n) is 6.05. The first kappa shape index (κ1) is 19.1. The molecular weight excluding hydrogens is 416 g/mol. The van der Waals surface area contributed by atoms with Crippen molar-refractivity contribution in [1.29, 1.82) is 0 Å². The Morgan fingerprint density at radius 1 is 0.364 bits per heavy atom. The molecule has 0 saturated heterocycles. The fourth-order valence-corrected chi connectivity index (χ4v) is 4.52. The molecule has 2 aliphatic rings. The first-order chi connectivity index (χ1) is 16.1. The number of benzene rings is 4. The molecule has 2 aliphatic carbocycles. The van der Waals surface area contributed by atoms with Gasteiger partial charge in [-0.15, -0.1) is 0 Å². The predicted octanol–water partition coefficient (Wildman–Crippen LogP) is 5.03. The highest BCUT2D eigenvalue weighted by atomic mass is 16.5. The van der Waals surface area contributed by atoms with E-state index in [0.717, 1.165) is 0 Å². The van der Waals surface area contributed by atoms with Crippen LogP contribution in [0.25, 0.3) is 0 Å². The Labute approximate surface area is 188 Å². The molecule has 4 aromatic carbocycles. The number of rotatable bonds is 2. The maximum Gasteiger partial charge on any atom is 0.198 e. The molecule has 5 heteroatoms. The third kappa shape index (κ3) is 2.66. The molecule has 156 valence electrons. The smallest absolute Gasteiger partial charge is 0.198 e. The molecule has 0 radical (unpaired) electrons. The molecule has 0 bridgehead atoms. The van der Waals surface area contributed by atoms with Crippen molar-refractivity contribution < 1.29 is 23.9 Å². The van der Waals surface area contributed by atoms with Crippen molar-refractivity contribution in [2.75, 3.05) is 0 Å². The summed E-state index contributed by atoms with van der Waals surface area (Å²) in [5, 5.41) is 0. The van der Waals surface area contributed by atoms with E-state index >= 15 is 0 Å². The van der Waals surface area contributed by atoms with Gasteiger partial charge in [0, 0.05) is 33.4 Å². The average molecular weight is 430 g/mol. The second-order valence-electron chi connectivity index (χ2n) is 7.87. The quantitative estimate of drug-likeness (QED) is 0.385. The maximum absolute atomic E-state index is 13.3. The lowest BCUT2D eigenvalue weighted by atomic mass is 9.83. The third-order valence-corrected chi connectivity index (χ3v) is 6.05. The summed E-state index contributed by atoms with van der Waals surface area (Å²) in [4.78, 5) is 52.6. The SMILES string of the molecule is O=C1c2ccccc2C(=O)c2c(Oc3cccc4c3C(=O)c3ccccc3C4=O)cccc21. The molecule has 0 atom stereocenters. The molecular formula is C28H14O5. The summed E-state index contributed by atoms with van der Waals surface area (Å²) < 4.78 is 6.10. The van der Waals surface area contributed by atoms with Gasteiger partial charge in [0.05, 0.1) is 11.1 Å². The maximum atomic E-state index is 13.3. The Morgan fingerprint density at radius 2 is 0.697 bits per heavy atom. The number of hydrogen-bond donors (Lipinski definition) is 0. The zero-order chi connectivity index (χ0) is 22.7. The van der Waals surface area contributed by atoms with Crippen LogP contribution in [0.1, 0.15) is 63.7 Å². The van der Waals surface area contributed by atoms with Gasteiger partial charge in [-0.2, -0.15) is 0 Å². The van der Waals surface area contributed by atoms with Gasteiger partial charge in [0.25, 0.3) is 0 Å². The molecule has 4 aromatic rings. The van der Waals surface area contributed by atoms with Gasteiger partial charge in [-0.3, -0.25) is 19.2 Å². The van der Waals surface area contributed by atoms with Crippen LogP contribution in [0.2, 0.25) is 0 Å². The highest BCUT2D eigenvalue weighted by Crippen LogP contribution is 2.39. The van der Waals surface area contributed by atoms with Crippen LogP contribution in [0.15, 0.2) is 84.9 Å². The first-order valence-electron chi connectivity index (χ1n) is 10.4. The van der Waals surface area contributed by atoms with Crippen LogP contribution >= 0.6 is 0 Å². The molecule has 0 N–H and O–H groups in total. The second kappa shape index (κ2) is 6.93. The summed E-state index contributed by atoms with van der Waals surface area (Å²) >= 11 is 0. The van der Waals surface area contributed by atoms with Crippen molar-refractivity contribution in [2.45, 2.75) is 0 Å². The first-order valence-corrected chi connectivity index (χ1v) is 10.4. The van der Waals surface area contributed by atoms with Crippen molar-refractivity contribution in [3.05, 3.63) is 129 Å². The van der Waals surface area contributed by atoms with E-state index in [0.29, 0.717) is 22.3 Å². The number of carbonyl (C=O) groups excluding carboxylic acids is 4. The summed E-state index contributed by atoms with van der Waals surface area (Å²) in [6.07, 6.45) is 0. The minimum absolute atomic E-state index is 0.147. The molecule has 5 nitrogen and oxygen atoms in total. The van der Waals surface area contributed by atoms with Crippen LogP contribution in [0.5, 0.6) is 11.5 Å². The van der Waals surface area contributed by atoms with E-state index in [1.165, 1.54) is 0 Å². The van der Waals surface area contributed by atoms with Gasteiger partial charge in [-0.1, -0.05) is 72.8 Å². The standard InChI is InChI=1S/C28H14O5/c29-25-15-7-1-3-9-17(15)27(31)23-19(25)11-5-13-21(23)33-22-14-6-12-20-24(22)28(32)18-10-4-2-8-16(18)26(20)30/h1-14H. The second-order valence-corrected chi connectivity index (χ2v) is 7.87. The predicted molar refractivity (Wildman–Crippen MR) is 120 cm³/mol. The molecule has 0 amide bonds. The fraction of sp³-hybridized carbons (Fsp3) is 0. The van der Waals surface area contributed by atoms with Gasteiger partial charge in [0.1, 0.15) is 11.5 Å². The summed E-state index contributed by atoms with van der Waals surface area (Å²) in [5.74, 6) is -0.857. The Bertz CT molecular complexity index is 1440. The van der Waals surface area contributed by atoms with Gasteiger partial charge in [-0.25, -0.2) is 0 Å². The molecule has 0 fully saturated rings. The van der Waals surface area contributed by atoms with Gasteiger partial charge in [-0.05, 0) is 12.1 Å². The lowest BCUT2D eigenvalue weighted by Gasteiger charge is -2.22. The monoisotopic (exact) mass is 430 g/mol. The van der Waals surface area contributed by atoms with Crippen LogP contribution < -0.4 is 4.74 Å². The molecule has 0 aromatic heterocycles. The van der Waals surface area contributed by atoms with Crippen molar-refractivity contribution in [3.8, 4) is 11.5 Å². The number of hydrogen-bond acceptors (Lipinski definition) is 5. The number of fused-ring (bicyclic) bond motifs is 4. The van der Waals surface area contributed by atoms with Gasteiger partial charge < -0.3 is 4.74 Å². The van der Waals surface area contributed by atoms with E-state index in [4.69, 9.17) is 4.74 Å². The normalized spacial score (nSPS) is 13.7. The highest BCUT2D eigenvalue weighted by molar-refractivity contribution is 6.30. The Hall–Kier alpha value is -4.64. The van der Waals surface area contributed by atoms with Gasteiger partial charge in [0.15, 0.2) is 23.1 Å². The molecule has 33 heavy (non-hydrogen) atoms. The molecule has 0 spiro atoms. The number of ketones is 4. The van der Waals surface area contributed by atoms with Crippen LogP contribution in [-0.2, 0) is 0 Å². The molecule has 0 heterocycles. The van der Waals surface area contributed by atoms with Crippen LogP contribution in [0.4, 0.5) is 0 Å². The minimum Gasteiger partial charge on any atom is -0.456 e. The van der Waals surface area contributed by atoms with E-state index in [1.807, 2.05) is 0 Å². The van der Waals surface area contributed by atoms with Crippen molar-refractivity contribution in [2.24, 2.45) is 0 Å². The average Bonchev–Trinajstić information content (AvgIpc) is 2.86. The van der Waals surface area contributed by atoms with Crippen molar-refractivity contribution in [3.63, 3.8) is 0 Å². The van der Waals surface area contributed by atoms with Gasteiger partial charge in [0.2, 0.25) is 0 Å². The van der Waals surface area contributed by atoms with Crippen molar-refractivity contribution in [1.82, 2.24) is 0 Å². The van der Waals surface area contributed by atoms with Crippen LogP contribution in [-0.4, -0.2) is 23.1 Å². The largest absolute Gasteiger partial charge is 0.456 e. The Morgan fingerprint density at radius 3 is 1.09 bits per heavy atom. The minimum atomic E-state index is -0.326. The van der Waals surface area contributed by atoms with E-state index < -0.39 is 0 Å². The lowest BCUT2D eigenvalue weighted by Crippen LogP contribution is -2.22. The molecule has 0 aliphatic heterocycles. The summed E-state index contributed by atoms with van der Waals surface area (Å²) in [6.45, 7) is 0. The van der Waals surface area contributed by atoms with E-state index in [1.54, 1.807) is 84.9 Å².